The molecule has 0 saturated carbocycles. The van der Waals surface area contributed by atoms with Gasteiger partial charge in [-0.25, -0.2) is 15.0 Å². The summed E-state index contributed by atoms with van der Waals surface area (Å²) in [6.07, 6.45) is 0. The molecule has 1 aliphatic rings. The van der Waals surface area contributed by atoms with Crippen LogP contribution < -0.4 is 4.90 Å². The highest BCUT2D eigenvalue weighted by Gasteiger charge is 2.28. The highest BCUT2D eigenvalue weighted by atomic mass is 32.2. The number of hydrogen-bond donors (Lipinski definition) is 0. The topological polar surface area (TPSA) is 68.2 Å². The van der Waals surface area contributed by atoms with Crippen molar-refractivity contribution in [3.05, 3.63) is 182 Å². The van der Waals surface area contributed by atoms with E-state index in [0.29, 0.717) is 17.5 Å². The van der Waals surface area contributed by atoms with E-state index < -0.39 is 0 Å². The minimum atomic E-state index is 0.593. The molecule has 7 heteroatoms. The first-order valence-corrected chi connectivity index (χ1v) is 20.0. The van der Waals surface area contributed by atoms with Gasteiger partial charge in [-0.2, -0.15) is 0 Å². The Kier molecular flexibility index (Phi) is 7.36. The molecule has 4 heterocycles. The first-order chi connectivity index (χ1) is 28.7. The number of benzene rings is 8. The lowest BCUT2D eigenvalue weighted by atomic mass is 9.99. The van der Waals surface area contributed by atoms with Crippen molar-refractivity contribution in [2.45, 2.75) is 9.79 Å². The Morgan fingerprint density at radius 2 is 0.931 bits per heavy atom. The maximum Gasteiger partial charge on any atom is 0.164 e. The van der Waals surface area contributed by atoms with E-state index in [2.05, 4.69) is 102 Å². The lowest BCUT2D eigenvalue weighted by Gasteiger charge is -2.33. The molecule has 0 spiro atoms. The Bertz CT molecular complexity index is 3340. The highest BCUT2D eigenvalue weighted by Crippen LogP contribution is 2.54. The monoisotopic (exact) mass is 762 g/mol. The molecule has 11 aromatic rings. The standard InChI is InChI=1S/C51H30N4O2S/c1-3-13-31(14-4-1)49-52-50(32-15-5-2-6-16-32)54-51(53-49)36-18-11-22-43-47(36)37-29-33(26-28-42(37)57-43)34-25-27-39-46(30-34)58-45-24-10-8-19-38(45)55(39)40-20-12-23-44-48(40)35-17-7-9-21-41(35)56-44/h1-30H. The summed E-state index contributed by atoms with van der Waals surface area (Å²) in [5.41, 5.74) is 11.7. The van der Waals surface area contributed by atoms with E-state index in [1.165, 1.54) is 9.79 Å². The molecule has 0 unspecified atom stereocenters. The highest BCUT2D eigenvalue weighted by molar-refractivity contribution is 7.99. The maximum absolute atomic E-state index is 6.50. The van der Waals surface area contributed by atoms with Crippen molar-refractivity contribution < 1.29 is 8.83 Å². The number of rotatable bonds is 5. The molecule has 3 aromatic heterocycles. The first-order valence-electron chi connectivity index (χ1n) is 19.2. The molecule has 12 rings (SSSR count). The molecular weight excluding hydrogens is 733 g/mol. The van der Waals surface area contributed by atoms with Crippen LogP contribution in [0.4, 0.5) is 17.1 Å². The van der Waals surface area contributed by atoms with Crippen LogP contribution in [0.5, 0.6) is 0 Å². The van der Waals surface area contributed by atoms with Gasteiger partial charge in [0.25, 0.3) is 0 Å². The van der Waals surface area contributed by atoms with Crippen molar-refractivity contribution in [2.24, 2.45) is 0 Å². The molecule has 1 aliphatic heterocycles. The summed E-state index contributed by atoms with van der Waals surface area (Å²) in [6.45, 7) is 0. The minimum Gasteiger partial charge on any atom is -0.456 e. The molecule has 0 saturated heterocycles. The number of nitrogens with zero attached hydrogens (tertiary/aromatic N) is 4. The normalized spacial score (nSPS) is 12.4. The number of aromatic nitrogens is 3. The van der Waals surface area contributed by atoms with Crippen LogP contribution in [0.15, 0.2) is 201 Å². The summed E-state index contributed by atoms with van der Waals surface area (Å²) < 4.78 is 12.8. The Hall–Kier alpha value is -7.48. The Morgan fingerprint density at radius 3 is 1.72 bits per heavy atom. The average Bonchev–Trinajstić information content (AvgIpc) is 3.87. The van der Waals surface area contributed by atoms with Crippen molar-refractivity contribution >= 4 is 72.7 Å². The quantitative estimate of drug-likeness (QED) is 0.173. The largest absolute Gasteiger partial charge is 0.456 e. The van der Waals surface area contributed by atoms with Crippen LogP contribution in [-0.4, -0.2) is 15.0 Å². The third-order valence-electron chi connectivity index (χ3n) is 10.9. The van der Waals surface area contributed by atoms with Gasteiger partial charge in [0.05, 0.1) is 22.4 Å². The van der Waals surface area contributed by atoms with Crippen LogP contribution in [0.3, 0.4) is 0 Å². The average molecular weight is 763 g/mol. The molecule has 272 valence electrons. The second-order valence-corrected chi connectivity index (χ2v) is 15.4. The van der Waals surface area contributed by atoms with E-state index in [1.807, 2.05) is 84.9 Å². The Balaban J connectivity index is 1.01. The molecule has 0 radical (unpaired) electrons. The lowest BCUT2D eigenvalue weighted by Crippen LogP contribution is -2.15. The number of anilines is 3. The molecule has 0 aliphatic carbocycles. The van der Waals surface area contributed by atoms with Gasteiger partial charge < -0.3 is 13.7 Å². The Morgan fingerprint density at radius 1 is 0.362 bits per heavy atom. The number of furan rings is 2. The van der Waals surface area contributed by atoms with Gasteiger partial charge in [-0.1, -0.05) is 133 Å². The van der Waals surface area contributed by atoms with Gasteiger partial charge in [-0.05, 0) is 71.8 Å². The second-order valence-electron chi connectivity index (χ2n) is 14.4. The zero-order valence-corrected chi connectivity index (χ0v) is 31.7. The number of hydrogen-bond acceptors (Lipinski definition) is 7. The lowest BCUT2D eigenvalue weighted by molar-refractivity contribution is 0.668. The van der Waals surface area contributed by atoms with Gasteiger partial charge in [0.1, 0.15) is 22.3 Å². The van der Waals surface area contributed by atoms with Gasteiger partial charge in [-0.15, -0.1) is 0 Å². The number of fused-ring (bicyclic) bond motifs is 8. The summed E-state index contributed by atoms with van der Waals surface area (Å²) in [6, 6.07) is 62.7. The minimum absolute atomic E-state index is 0.593. The van der Waals surface area contributed by atoms with E-state index in [0.717, 1.165) is 88.8 Å². The van der Waals surface area contributed by atoms with Crippen LogP contribution in [-0.2, 0) is 0 Å². The van der Waals surface area contributed by atoms with Crippen LogP contribution in [0, 0.1) is 0 Å². The van der Waals surface area contributed by atoms with Crippen LogP contribution >= 0.6 is 11.8 Å². The van der Waals surface area contributed by atoms with Crippen LogP contribution in [0.1, 0.15) is 0 Å². The Labute approximate surface area is 337 Å². The van der Waals surface area contributed by atoms with Crippen molar-refractivity contribution in [2.75, 3.05) is 4.90 Å². The van der Waals surface area contributed by atoms with Crippen LogP contribution in [0.2, 0.25) is 0 Å². The van der Waals surface area contributed by atoms with Crippen molar-refractivity contribution in [1.29, 1.82) is 0 Å². The fraction of sp³-hybridized carbons (Fsp3) is 0. The van der Waals surface area contributed by atoms with Gasteiger partial charge >= 0.3 is 0 Å². The zero-order chi connectivity index (χ0) is 38.2. The van der Waals surface area contributed by atoms with Gasteiger partial charge in [0, 0.05) is 42.6 Å². The molecular formula is C51H30N4O2S. The zero-order valence-electron chi connectivity index (χ0n) is 30.8. The SMILES string of the molecule is c1ccc(-c2nc(-c3ccccc3)nc(-c3cccc4oc5ccc(-c6ccc7c(c6)Sc6ccccc6N7c6cccc7oc8ccccc8c67)cc5c34)n2)cc1. The molecule has 6 nitrogen and oxygen atoms in total. The fourth-order valence-electron chi connectivity index (χ4n) is 8.26. The first kappa shape index (κ1) is 32.7. The summed E-state index contributed by atoms with van der Waals surface area (Å²) in [5.74, 6) is 1.83. The van der Waals surface area contributed by atoms with Gasteiger partial charge in [-0.3, -0.25) is 0 Å². The molecule has 0 amide bonds. The van der Waals surface area contributed by atoms with Crippen molar-refractivity contribution in [3.63, 3.8) is 0 Å². The molecule has 0 bridgehead atoms. The summed E-state index contributed by atoms with van der Waals surface area (Å²) in [4.78, 5) is 19.8. The second kappa shape index (κ2) is 13.0. The van der Waals surface area contributed by atoms with E-state index in [9.17, 15) is 0 Å². The summed E-state index contributed by atoms with van der Waals surface area (Å²) in [7, 11) is 0. The maximum atomic E-state index is 6.50. The molecule has 58 heavy (non-hydrogen) atoms. The third kappa shape index (κ3) is 5.25. The summed E-state index contributed by atoms with van der Waals surface area (Å²) >= 11 is 1.80. The molecule has 0 fully saturated rings. The van der Waals surface area contributed by atoms with Gasteiger partial charge in [0.15, 0.2) is 17.5 Å². The summed E-state index contributed by atoms with van der Waals surface area (Å²) in [5, 5.41) is 4.18. The number of para-hydroxylation sites is 2. The smallest absolute Gasteiger partial charge is 0.164 e. The van der Waals surface area contributed by atoms with Crippen molar-refractivity contribution in [3.8, 4) is 45.3 Å². The molecule has 0 N–H and O–H groups in total. The van der Waals surface area contributed by atoms with Crippen molar-refractivity contribution in [1.82, 2.24) is 15.0 Å². The molecule has 0 atom stereocenters. The van der Waals surface area contributed by atoms with Crippen LogP contribution in [0.25, 0.3) is 89.2 Å². The van der Waals surface area contributed by atoms with E-state index in [-0.39, 0.29) is 0 Å². The van der Waals surface area contributed by atoms with E-state index >= 15 is 0 Å². The van der Waals surface area contributed by atoms with E-state index in [1.54, 1.807) is 11.8 Å². The predicted octanol–water partition coefficient (Wildman–Crippen LogP) is 14.3. The predicted molar refractivity (Wildman–Crippen MR) is 235 cm³/mol. The fourth-order valence-corrected chi connectivity index (χ4v) is 9.36. The van der Waals surface area contributed by atoms with Gasteiger partial charge in [0.2, 0.25) is 0 Å². The van der Waals surface area contributed by atoms with E-state index in [4.69, 9.17) is 23.8 Å². The molecule has 8 aromatic carbocycles. The third-order valence-corrected chi connectivity index (χ3v) is 12.0.